The number of anilines is 1. The molecule has 1 aromatic rings. The first-order valence-corrected chi connectivity index (χ1v) is 4.65. The molecule has 4 nitrogen and oxygen atoms in total. The first kappa shape index (κ1) is 10.8. The summed E-state index contributed by atoms with van der Waals surface area (Å²) in [6, 6.07) is 5.07. The van der Waals surface area contributed by atoms with Crippen LogP contribution in [0.3, 0.4) is 0 Å². The number of rotatable bonds is 2. The van der Waals surface area contributed by atoms with E-state index in [1.165, 1.54) is 7.05 Å². The van der Waals surface area contributed by atoms with Gasteiger partial charge >= 0.3 is 6.09 Å². The summed E-state index contributed by atoms with van der Waals surface area (Å²) in [7, 11) is 3.04. The molecule has 0 saturated carbocycles. The number of carbonyl (C=O) groups is 1. The van der Waals surface area contributed by atoms with E-state index >= 15 is 0 Å². The van der Waals surface area contributed by atoms with Gasteiger partial charge in [-0.3, -0.25) is 4.90 Å². The van der Waals surface area contributed by atoms with Crippen LogP contribution >= 0.6 is 15.9 Å². The fourth-order valence-electron chi connectivity index (χ4n) is 0.974. The predicted molar refractivity (Wildman–Crippen MR) is 57.1 cm³/mol. The van der Waals surface area contributed by atoms with Crippen LogP contribution in [0.15, 0.2) is 22.7 Å². The third kappa shape index (κ3) is 2.17. The summed E-state index contributed by atoms with van der Waals surface area (Å²) < 4.78 is 5.75. The van der Waals surface area contributed by atoms with Crippen molar-refractivity contribution in [3.8, 4) is 5.75 Å². The molecule has 0 fully saturated rings. The fourth-order valence-corrected chi connectivity index (χ4v) is 1.50. The standard InChI is InChI=1S/C9H10BrNO3/c1-11(9(12)13)6-3-4-8(14-2)7(10)5-6/h3-5H,1-2H3,(H,12,13). The Morgan fingerprint density at radius 3 is 2.64 bits per heavy atom. The highest BCUT2D eigenvalue weighted by Gasteiger charge is 2.10. The molecule has 1 amide bonds. The number of nitrogens with zero attached hydrogens (tertiary/aromatic N) is 1. The molecule has 1 rings (SSSR count). The van der Waals surface area contributed by atoms with E-state index in [1.807, 2.05) is 0 Å². The monoisotopic (exact) mass is 259 g/mol. The van der Waals surface area contributed by atoms with Crippen LogP contribution in [0.1, 0.15) is 0 Å². The van der Waals surface area contributed by atoms with Gasteiger partial charge in [0.2, 0.25) is 0 Å². The molecule has 0 bridgehead atoms. The molecule has 1 N–H and O–H groups in total. The van der Waals surface area contributed by atoms with Gasteiger partial charge in [-0.2, -0.15) is 0 Å². The van der Waals surface area contributed by atoms with Crippen LogP contribution in [0.25, 0.3) is 0 Å². The predicted octanol–water partition coefficient (Wildman–Crippen LogP) is 2.57. The van der Waals surface area contributed by atoms with E-state index in [0.717, 1.165) is 9.37 Å². The first-order chi connectivity index (χ1) is 6.56. The number of ether oxygens (including phenoxy) is 1. The molecular formula is C9H10BrNO3. The van der Waals surface area contributed by atoms with Crippen LogP contribution < -0.4 is 9.64 Å². The SMILES string of the molecule is COc1ccc(N(C)C(=O)O)cc1Br. The van der Waals surface area contributed by atoms with Crippen molar-refractivity contribution in [2.24, 2.45) is 0 Å². The van der Waals surface area contributed by atoms with E-state index in [1.54, 1.807) is 25.3 Å². The second-order valence-electron chi connectivity index (χ2n) is 2.66. The molecule has 76 valence electrons. The third-order valence-corrected chi connectivity index (χ3v) is 2.43. The molecular weight excluding hydrogens is 250 g/mol. The molecule has 0 aliphatic carbocycles. The normalized spacial score (nSPS) is 9.64. The molecule has 1 aromatic carbocycles. The van der Waals surface area contributed by atoms with Gasteiger partial charge in [-0.1, -0.05) is 0 Å². The van der Waals surface area contributed by atoms with Crippen molar-refractivity contribution in [2.45, 2.75) is 0 Å². The molecule has 5 heteroatoms. The zero-order valence-corrected chi connectivity index (χ0v) is 9.41. The van der Waals surface area contributed by atoms with Gasteiger partial charge in [-0.15, -0.1) is 0 Å². The third-order valence-electron chi connectivity index (χ3n) is 1.81. The molecule has 0 heterocycles. The van der Waals surface area contributed by atoms with E-state index in [0.29, 0.717) is 11.4 Å². The van der Waals surface area contributed by atoms with Crippen LogP contribution in [0, 0.1) is 0 Å². The maximum Gasteiger partial charge on any atom is 0.411 e. The second kappa shape index (κ2) is 4.32. The van der Waals surface area contributed by atoms with Crippen molar-refractivity contribution in [1.82, 2.24) is 0 Å². The average molecular weight is 260 g/mol. The number of halogens is 1. The number of carboxylic acid groups (broad SMARTS) is 1. The van der Waals surface area contributed by atoms with Crippen molar-refractivity contribution >= 4 is 27.7 Å². The van der Waals surface area contributed by atoms with E-state index in [2.05, 4.69) is 15.9 Å². The van der Waals surface area contributed by atoms with Crippen LogP contribution in [0.2, 0.25) is 0 Å². The molecule has 0 saturated heterocycles. The highest BCUT2D eigenvalue weighted by atomic mass is 79.9. The highest BCUT2D eigenvalue weighted by Crippen LogP contribution is 2.28. The van der Waals surface area contributed by atoms with Crippen LogP contribution in [-0.4, -0.2) is 25.4 Å². The molecule has 0 aromatic heterocycles. The zero-order valence-electron chi connectivity index (χ0n) is 7.82. The Kier molecular flexibility index (Phi) is 3.35. The van der Waals surface area contributed by atoms with Gasteiger partial charge in [0.05, 0.1) is 11.6 Å². The summed E-state index contributed by atoms with van der Waals surface area (Å²) in [5.41, 5.74) is 0.588. The Bertz CT molecular complexity index is 354. The van der Waals surface area contributed by atoms with E-state index in [4.69, 9.17) is 9.84 Å². The quantitative estimate of drug-likeness (QED) is 0.889. The molecule has 14 heavy (non-hydrogen) atoms. The lowest BCUT2D eigenvalue weighted by atomic mass is 10.3. The molecule has 0 atom stereocenters. The summed E-state index contributed by atoms with van der Waals surface area (Å²) >= 11 is 3.28. The molecule has 0 aliphatic rings. The summed E-state index contributed by atoms with van der Waals surface area (Å²) in [5.74, 6) is 0.674. The minimum atomic E-state index is -0.998. The molecule has 0 unspecified atom stereocenters. The Morgan fingerprint density at radius 2 is 2.21 bits per heavy atom. The van der Waals surface area contributed by atoms with Gasteiger partial charge in [-0.25, -0.2) is 4.79 Å². The number of methoxy groups -OCH3 is 1. The lowest BCUT2D eigenvalue weighted by molar-refractivity contribution is 0.203. The number of benzene rings is 1. The van der Waals surface area contributed by atoms with Gasteiger partial charge < -0.3 is 9.84 Å². The maximum absolute atomic E-state index is 10.6. The lowest BCUT2D eigenvalue weighted by Gasteiger charge is -2.14. The van der Waals surface area contributed by atoms with Gasteiger partial charge in [0.1, 0.15) is 5.75 Å². The molecule has 0 spiro atoms. The van der Waals surface area contributed by atoms with Crippen LogP contribution in [0.5, 0.6) is 5.75 Å². The fraction of sp³-hybridized carbons (Fsp3) is 0.222. The topological polar surface area (TPSA) is 49.8 Å². The van der Waals surface area contributed by atoms with Crippen molar-refractivity contribution in [1.29, 1.82) is 0 Å². The van der Waals surface area contributed by atoms with Crippen molar-refractivity contribution in [3.63, 3.8) is 0 Å². The lowest BCUT2D eigenvalue weighted by Crippen LogP contribution is -2.23. The van der Waals surface area contributed by atoms with Gasteiger partial charge in [0.25, 0.3) is 0 Å². The second-order valence-corrected chi connectivity index (χ2v) is 3.51. The smallest absolute Gasteiger partial charge is 0.411 e. The largest absolute Gasteiger partial charge is 0.496 e. The van der Waals surface area contributed by atoms with Gasteiger partial charge in [0, 0.05) is 12.7 Å². The average Bonchev–Trinajstić information content (AvgIpc) is 2.16. The zero-order chi connectivity index (χ0) is 10.7. The van der Waals surface area contributed by atoms with Gasteiger partial charge in [0.15, 0.2) is 0 Å². The van der Waals surface area contributed by atoms with E-state index in [9.17, 15) is 4.79 Å². The summed E-state index contributed by atoms with van der Waals surface area (Å²) in [6.07, 6.45) is -0.998. The molecule has 0 radical (unpaired) electrons. The van der Waals surface area contributed by atoms with Crippen LogP contribution in [-0.2, 0) is 0 Å². The molecule has 0 aliphatic heterocycles. The maximum atomic E-state index is 10.6. The van der Waals surface area contributed by atoms with E-state index < -0.39 is 6.09 Å². The Morgan fingerprint density at radius 1 is 1.57 bits per heavy atom. The minimum Gasteiger partial charge on any atom is -0.496 e. The number of hydrogen-bond donors (Lipinski definition) is 1. The Labute approximate surface area is 90.2 Å². The minimum absolute atomic E-state index is 0.588. The Hall–Kier alpha value is -1.23. The summed E-state index contributed by atoms with van der Waals surface area (Å²) in [4.78, 5) is 11.8. The van der Waals surface area contributed by atoms with Crippen molar-refractivity contribution < 1.29 is 14.6 Å². The summed E-state index contributed by atoms with van der Waals surface area (Å²) in [6.45, 7) is 0. The van der Waals surface area contributed by atoms with Gasteiger partial charge in [-0.05, 0) is 34.1 Å². The van der Waals surface area contributed by atoms with Crippen molar-refractivity contribution in [2.75, 3.05) is 19.1 Å². The van der Waals surface area contributed by atoms with Crippen molar-refractivity contribution in [3.05, 3.63) is 22.7 Å². The first-order valence-electron chi connectivity index (χ1n) is 3.86. The van der Waals surface area contributed by atoms with E-state index in [-0.39, 0.29) is 0 Å². The highest BCUT2D eigenvalue weighted by molar-refractivity contribution is 9.10. The van der Waals surface area contributed by atoms with Crippen LogP contribution in [0.4, 0.5) is 10.5 Å². The Balaban J connectivity index is 3.02. The number of amides is 1. The number of hydrogen-bond acceptors (Lipinski definition) is 2. The summed E-state index contributed by atoms with van der Waals surface area (Å²) in [5, 5.41) is 8.73.